The summed E-state index contributed by atoms with van der Waals surface area (Å²) in [7, 11) is 0. The van der Waals surface area contributed by atoms with E-state index in [0.717, 1.165) is 11.4 Å². The van der Waals surface area contributed by atoms with Gasteiger partial charge in [-0.3, -0.25) is 0 Å². The fourth-order valence-corrected chi connectivity index (χ4v) is 2.65. The minimum atomic E-state index is -0.904. The van der Waals surface area contributed by atoms with Crippen LogP contribution in [0.3, 0.4) is 0 Å². The lowest BCUT2D eigenvalue weighted by Crippen LogP contribution is -2.26. The number of aryl methyl sites for hydroxylation is 1. The lowest BCUT2D eigenvalue weighted by atomic mass is 9.88. The van der Waals surface area contributed by atoms with Crippen LogP contribution >= 0.6 is 11.3 Å². The van der Waals surface area contributed by atoms with Crippen molar-refractivity contribution in [3.63, 3.8) is 0 Å². The second-order valence-corrected chi connectivity index (χ2v) is 6.26. The first-order valence-electron chi connectivity index (χ1n) is 5.75. The largest absolute Gasteiger partial charge is 0.477 e. The third-order valence-corrected chi connectivity index (χ3v) is 3.76. The van der Waals surface area contributed by atoms with Crippen molar-refractivity contribution in [3.8, 4) is 0 Å². The number of aromatic carboxylic acids is 1. The van der Waals surface area contributed by atoms with Crippen molar-refractivity contribution in [2.45, 2.75) is 46.6 Å². The standard InChI is InChI=1S/C12H20N2O2S/c1-5-6-7-8(11(15)16)17-10(14-7)9(13)12(2,3)4/h9H,5-6,13H2,1-4H3,(H,15,16). The number of thiazole rings is 1. The molecule has 0 saturated carbocycles. The zero-order valence-corrected chi connectivity index (χ0v) is 11.6. The Bertz CT molecular complexity index is 407. The Balaban J connectivity index is 3.11. The van der Waals surface area contributed by atoms with Crippen LogP contribution in [0, 0.1) is 5.41 Å². The summed E-state index contributed by atoms with van der Waals surface area (Å²) in [5.41, 5.74) is 6.66. The molecule has 1 rings (SSSR count). The number of nitrogens with zero attached hydrogens (tertiary/aromatic N) is 1. The van der Waals surface area contributed by atoms with Crippen LogP contribution in [0.5, 0.6) is 0 Å². The minimum absolute atomic E-state index is 0.114. The van der Waals surface area contributed by atoms with Crippen LogP contribution in [-0.2, 0) is 6.42 Å². The number of carboxylic acids is 1. The highest BCUT2D eigenvalue weighted by atomic mass is 32.1. The van der Waals surface area contributed by atoms with Crippen molar-refractivity contribution in [1.82, 2.24) is 4.98 Å². The van der Waals surface area contributed by atoms with Gasteiger partial charge < -0.3 is 10.8 Å². The van der Waals surface area contributed by atoms with Gasteiger partial charge in [0, 0.05) is 0 Å². The zero-order valence-electron chi connectivity index (χ0n) is 10.8. The van der Waals surface area contributed by atoms with Crippen LogP contribution in [0.2, 0.25) is 0 Å². The van der Waals surface area contributed by atoms with Gasteiger partial charge >= 0.3 is 5.97 Å². The smallest absolute Gasteiger partial charge is 0.347 e. The number of hydrogen-bond donors (Lipinski definition) is 2. The van der Waals surface area contributed by atoms with E-state index in [1.807, 2.05) is 27.7 Å². The van der Waals surface area contributed by atoms with Crippen LogP contribution in [0.15, 0.2) is 0 Å². The normalized spacial score (nSPS) is 13.7. The lowest BCUT2D eigenvalue weighted by Gasteiger charge is -2.24. The molecule has 3 N–H and O–H groups in total. The van der Waals surface area contributed by atoms with E-state index < -0.39 is 5.97 Å². The second kappa shape index (κ2) is 5.14. The highest BCUT2D eigenvalue weighted by Gasteiger charge is 2.27. The van der Waals surface area contributed by atoms with Crippen molar-refractivity contribution in [1.29, 1.82) is 0 Å². The molecule has 1 aromatic rings. The van der Waals surface area contributed by atoms with Gasteiger partial charge in [-0.2, -0.15) is 0 Å². The molecule has 0 aliphatic carbocycles. The molecule has 0 saturated heterocycles. The van der Waals surface area contributed by atoms with Crippen molar-refractivity contribution in [3.05, 3.63) is 15.6 Å². The molecular weight excluding hydrogens is 236 g/mol. The van der Waals surface area contributed by atoms with Crippen molar-refractivity contribution >= 4 is 17.3 Å². The van der Waals surface area contributed by atoms with Crippen LogP contribution in [-0.4, -0.2) is 16.1 Å². The molecule has 0 aliphatic heterocycles. The Hall–Kier alpha value is -0.940. The van der Waals surface area contributed by atoms with Crippen molar-refractivity contribution < 1.29 is 9.90 Å². The van der Waals surface area contributed by atoms with Gasteiger partial charge in [0.1, 0.15) is 9.88 Å². The first kappa shape index (κ1) is 14.1. The highest BCUT2D eigenvalue weighted by molar-refractivity contribution is 7.13. The number of hydrogen-bond acceptors (Lipinski definition) is 4. The van der Waals surface area contributed by atoms with Crippen molar-refractivity contribution in [2.75, 3.05) is 0 Å². The summed E-state index contributed by atoms with van der Waals surface area (Å²) in [6.45, 7) is 8.09. The van der Waals surface area contributed by atoms with Crippen LogP contribution < -0.4 is 5.73 Å². The summed E-state index contributed by atoms with van der Waals surface area (Å²) in [4.78, 5) is 15.8. The van der Waals surface area contributed by atoms with Gasteiger partial charge in [-0.1, -0.05) is 34.1 Å². The molecule has 0 radical (unpaired) electrons. The second-order valence-electron chi connectivity index (χ2n) is 5.23. The first-order chi connectivity index (χ1) is 7.77. The molecule has 17 heavy (non-hydrogen) atoms. The molecule has 0 bridgehead atoms. The summed E-state index contributed by atoms with van der Waals surface area (Å²) >= 11 is 1.21. The maximum absolute atomic E-state index is 11.1. The van der Waals surface area contributed by atoms with E-state index in [1.54, 1.807) is 0 Å². The maximum atomic E-state index is 11.1. The monoisotopic (exact) mass is 256 g/mol. The molecule has 4 nitrogen and oxygen atoms in total. The quantitative estimate of drug-likeness (QED) is 0.868. The number of nitrogens with two attached hydrogens (primary N) is 1. The third kappa shape index (κ3) is 3.26. The van der Waals surface area contributed by atoms with Gasteiger partial charge in [0.05, 0.1) is 11.7 Å². The molecule has 1 aromatic heterocycles. The van der Waals surface area contributed by atoms with Gasteiger partial charge in [0.2, 0.25) is 0 Å². The highest BCUT2D eigenvalue weighted by Crippen LogP contribution is 2.34. The van der Waals surface area contributed by atoms with Gasteiger partial charge in [-0.15, -0.1) is 11.3 Å². The topological polar surface area (TPSA) is 76.2 Å². The fraction of sp³-hybridized carbons (Fsp3) is 0.667. The Morgan fingerprint density at radius 2 is 2.12 bits per heavy atom. The molecular formula is C12H20N2O2S. The van der Waals surface area contributed by atoms with E-state index >= 15 is 0 Å². The van der Waals surface area contributed by atoms with Crippen molar-refractivity contribution in [2.24, 2.45) is 11.1 Å². The molecule has 1 heterocycles. The Morgan fingerprint density at radius 1 is 1.53 bits per heavy atom. The average molecular weight is 256 g/mol. The summed E-state index contributed by atoms with van der Waals surface area (Å²) in [6, 6.07) is -0.226. The SMILES string of the molecule is CCCc1nc(C(N)C(C)(C)C)sc1C(=O)O. The third-order valence-electron chi connectivity index (χ3n) is 2.59. The predicted octanol–water partition coefficient (Wildman–Crippen LogP) is 2.84. The van der Waals surface area contributed by atoms with E-state index in [-0.39, 0.29) is 11.5 Å². The van der Waals surface area contributed by atoms with Gasteiger partial charge in [-0.05, 0) is 11.8 Å². The lowest BCUT2D eigenvalue weighted by molar-refractivity contribution is 0.0700. The predicted molar refractivity (Wildman–Crippen MR) is 69.5 cm³/mol. The van der Waals surface area contributed by atoms with Crippen LogP contribution in [0.4, 0.5) is 0 Å². The van der Waals surface area contributed by atoms with E-state index in [9.17, 15) is 4.79 Å². The molecule has 1 unspecified atom stereocenters. The molecule has 0 spiro atoms. The number of carboxylic acid groups (broad SMARTS) is 1. The Morgan fingerprint density at radius 3 is 2.53 bits per heavy atom. The number of carbonyl (C=O) groups is 1. The summed E-state index contributed by atoms with van der Waals surface area (Å²) in [5.74, 6) is -0.904. The Kier molecular flexibility index (Phi) is 4.27. The van der Waals surface area contributed by atoms with E-state index in [0.29, 0.717) is 17.0 Å². The summed E-state index contributed by atoms with van der Waals surface area (Å²) in [6.07, 6.45) is 1.57. The Labute approximate surface area is 106 Å². The van der Waals surface area contributed by atoms with E-state index in [1.165, 1.54) is 11.3 Å². The van der Waals surface area contributed by atoms with Gasteiger partial charge in [0.15, 0.2) is 0 Å². The molecule has 5 heteroatoms. The number of aromatic nitrogens is 1. The number of rotatable bonds is 4. The molecule has 1 atom stereocenters. The minimum Gasteiger partial charge on any atom is -0.477 e. The van der Waals surface area contributed by atoms with Crippen LogP contribution in [0.1, 0.15) is 60.5 Å². The van der Waals surface area contributed by atoms with Gasteiger partial charge in [0.25, 0.3) is 0 Å². The molecule has 0 amide bonds. The zero-order chi connectivity index (χ0) is 13.2. The molecule has 0 aliphatic rings. The van der Waals surface area contributed by atoms with Crippen LogP contribution in [0.25, 0.3) is 0 Å². The summed E-state index contributed by atoms with van der Waals surface area (Å²) < 4.78 is 0. The molecule has 0 fully saturated rings. The maximum Gasteiger partial charge on any atom is 0.347 e. The van der Waals surface area contributed by atoms with E-state index in [2.05, 4.69) is 4.98 Å². The summed E-state index contributed by atoms with van der Waals surface area (Å²) in [5, 5.41) is 9.84. The van der Waals surface area contributed by atoms with E-state index in [4.69, 9.17) is 10.8 Å². The van der Waals surface area contributed by atoms with Gasteiger partial charge in [-0.25, -0.2) is 9.78 Å². The molecule has 0 aromatic carbocycles. The molecule has 96 valence electrons. The fourth-order valence-electron chi connectivity index (χ4n) is 1.45. The first-order valence-corrected chi connectivity index (χ1v) is 6.57. The average Bonchev–Trinajstić information content (AvgIpc) is 2.60.